The van der Waals surface area contributed by atoms with Crippen LogP contribution >= 0.6 is 0 Å². The minimum absolute atomic E-state index is 0.260. The molecule has 0 aliphatic carbocycles. The van der Waals surface area contributed by atoms with Crippen molar-refractivity contribution < 1.29 is 14.6 Å². The lowest BCUT2D eigenvalue weighted by Gasteiger charge is -2.53. The molecule has 0 aromatic rings. The van der Waals surface area contributed by atoms with Gasteiger partial charge in [-0.3, -0.25) is 0 Å². The molecule has 134 valence electrons. The van der Waals surface area contributed by atoms with Gasteiger partial charge in [0.1, 0.15) is 11.2 Å². The molecule has 0 aromatic carbocycles. The third-order valence-electron chi connectivity index (χ3n) is 5.10. The van der Waals surface area contributed by atoms with E-state index in [9.17, 15) is 9.90 Å². The van der Waals surface area contributed by atoms with Crippen molar-refractivity contribution in [2.24, 2.45) is 5.73 Å². The second kappa shape index (κ2) is 6.57. The van der Waals surface area contributed by atoms with Crippen molar-refractivity contribution in [3.63, 3.8) is 0 Å². The molecule has 2 rings (SSSR count). The number of nitrogens with zero attached hydrogens (tertiary/aromatic N) is 2. The Bertz CT molecular complexity index is 437. The highest BCUT2D eigenvalue weighted by Gasteiger charge is 2.52. The van der Waals surface area contributed by atoms with Crippen molar-refractivity contribution in [1.82, 2.24) is 9.80 Å². The van der Waals surface area contributed by atoms with E-state index in [2.05, 4.69) is 11.8 Å². The Balaban J connectivity index is 2.10. The lowest BCUT2D eigenvalue weighted by molar-refractivity contribution is -0.107. The molecular weight excluding hydrogens is 294 g/mol. The number of ether oxygens (including phenoxy) is 1. The molecule has 2 aliphatic rings. The van der Waals surface area contributed by atoms with Crippen molar-refractivity contribution in [3.8, 4) is 0 Å². The van der Waals surface area contributed by atoms with Gasteiger partial charge in [0.15, 0.2) is 0 Å². The van der Waals surface area contributed by atoms with Crippen molar-refractivity contribution >= 4 is 6.09 Å². The Labute approximate surface area is 139 Å². The molecule has 0 bridgehead atoms. The molecule has 0 spiro atoms. The Kier molecular flexibility index (Phi) is 5.28. The summed E-state index contributed by atoms with van der Waals surface area (Å²) in [5, 5.41) is 11.3. The molecule has 0 radical (unpaired) electrons. The smallest absolute Gasteiger partial charge is 0.410 e. The van der Waals surface area contributed by atoms with Crippen LogP contribution in [0.5, 0.6) is 0 Å². The van der Waals surface area contributed by atoms with Crippen molar-refractivity contribution in [1.29, 1.82) is 0 Å². The number of nitrogens with two attached hydrogens (primary N) is 1. The maximum Gasteiger partial charge on any atom is 0.410 e. The van der Waals surface area contributed by atoms with Crippen LogP contribution in [0.3, 0.4) is 0 Å². The Hall–Kier alpha value is -0.850. The zero-order valence-electron chi connectivity index (χ0n) is 15.1. The quantitative estimate of drug-likeness (QED) is 0.805. The van der Waals surface area contributed by atoms with Crippen LogP contribution in [-0.4, -0.2) is 70.5 Å². The molecule has 0 saturated carbocycles. The first-order valence-electron chi connectivity index (χ1n) is 8.80. The lowest BCUT2D eigenvalue weighted by atomic mass is 9.71. The number of likely N-dealkylation sites (tertiary alicyclic amines) is 2. The van der Waals surface area contributed by atoms with Crippen molar-refractivity contribution in [3.05, 3.63) is 0 Å². The van der Waals surface area contributed by atoms with Crippen LogP contribution in [0.15, 0.2) is 0 Å². The zero-order chi connectivity index (χ0) is 17.3. The number of carbonyl (C=O) groups excluding carboxylic acids is 1. The number of piperidine rings is 2. The summed E-state index contributed by atoms with van der Waals surface area (Å²) < 4.78 is 5.46. The van der Waals surface area contributed by atoms with Gasteiger partial charge in [-0.25, -0.2) is 4.79 Å². The number of likely N-dealkylation sites (N-methyl/N-ethyl adjacent to an activating group) is 1. The molecule has 1 amide bonds. The summed E-state index contributed by atoms with van der Waals surface area (Å²) in [7, 11) is 0. The number of hydrogen-bond donors (Lipinski definition) is 2. The largest absolute Gasteiger partial charge is 0.444 e. The van der Waals surface area contributed by atoms with E-state index in [4.69, 9.17) is 10.5 Å². The van der Waals surface area contributed by atoms with Crippen LogP contribution in [0.4, 0.5) is 4.79 Å². The molecule has 2 saturated heterocycles. The first kappa shape index (κ1) is 18.5. The van der Waals surface area contributed by atoms with Crippen LogP contribution in [0.1, 0.15) is 53.4 Å². The van der Waals surface area contributed by atoms with Crippen molar-refractivity contribution in [2.75, 3.05) is 32.7 Å². The summed E-state index contributed by atoms with van der Waals surface area (Å²) in [4.78, 5) is 16.3. The minimum atomic E-state index is -1.05. The first-order valence-corrected chi connectivity index (χ1v) is 8.80. The van der Waals surface area contributed by atoms with E-state index in [0.717, 1.165) is 32.4 Å². The molecule has 2 aliphatic heterocycles. The van der Waals surface area contributed by atoms with Gasteiger partial charge in [-0.1, -0.05) is 6.92 Å². The molecule has 2 atom stereocenters. The maximum atomic E-state index is 12.4. The van der Waals surface area contributed by atoms with Gasteiger partial charge in [0.05, 0.1) is 12.1 Å². The van der Waals surface area contributed by atoms with Crippen LogP contribution in [0.25, 0.3) is 0 Å². The summed E-state index contributed by atoms with van der Waals surface area (Å²) in [6.45, 7) is 11.2. The average molecular weight is 327 g/mol. The number of hydrogen-bond acceptors (Lipinski definition) is 5. The zero-order valence-corrected chi connectivity index (χ0v) is 15.1. The van der Waals surface area contributed by atoms with Gasteiger partial charge in [-0.05, 0) is 59.5 Å². The summed E-state index contributed by atoms with van der Waals surface area (Å²) in [6, 6.07) is 0. The summed E-state index contributed by atoms with van der Waals surface area (Å²) >= 11 is 0. The molecule has 0 aromatic heterocycles. The fourth-order valence-electron chi connectivity index (χ4n) is 3.75. The maximum absolute atomic E-state index is 12.4. The van der Waals surface area contributed by atoms with Crippen LogP contribution in [-0.2, 0) is 4.74 Å². The van der Waals surface area contributed by atoms with E-state index in [-0.39, 0.29) is 12.6 Å². The Morgan fingerprint density at radius 3 is 2.48 bits per heavy atom. The molecule has 2 fully saturated rings. The molecule has 6 heteroatoms. The molecule has 2 unspecified atom stereocenters. The Morgan fingerprint density at radius 2 is 1.87 bits per heavy atom. The number of carbonyl (C=O) groups is 1. The highest BCUT2D eigenvalue weighted by atomic mass is 16.6. The summed E-state index contributed by atoms with van der Waals surface area (Å²) in [6.07, 6.45) is 2.81. The fourth-order valence-corrected chi connectivity index (χ4v) is 3.75. The normalized spacial score (nSPS) is 33.6. The van der Waals surface area contributed by atoms with Crippen LogP contribution < -0.4 is 5.73 Å². The number of aliphatic hydroxyl groups is 1. The van der Waals surface area contributed by atoms with E-state index in [1.165, 1.54) is 0 Å². The van der Waals surface area contributed by atoms with Gasteiger partial charge in [0.25, 0.3) is 0 Å². The molecular formula is C17H33N3O3. The summed E-state index contributed by atoms with van der Waals surface area (Å²) in [5.41, 5.74) is 4.41. The van der Waals surface area contributed by atoms with Gasteiger partial charge >= 0.3 is 6.09 Å². The highest BCUT2D eigenvalue weighted by molar-refractivity contribution is 5.68. The van der Waals surface area contributed by atoms with Gasteiger partial charge in [0.2, 0.25) is 0 Å². The second-order valence-electron chi connectivity index (χ2n) is 8.17. The molecule has 23 heavy (non-hydrogen) atoms. The minimum Gasteiger partial charge on any atom is -0.444 e. The third kappa shape index (κ3) is 4.17. The molecule has 6 nitrogen and oxygen atoms in total. The third-order valence-corrected chi connectivity index (χ3v) is 5.10. The van der Waals surface area contributed by atoms with Crippen molar-refractivity contribution in [2.45, 2.75) is 70.1 Å². The van der Waals surface area contributed by atoms with Crippen LogP contribution in [0.2, 0.25) is 0 Å². The average Bonchev–Trinajstić information content (AvgIpc) is 2.45. The first-order chi connectivity index (χ1) is 10.6. The standard InChI is InChI=1S/C17H33N3O3/c1-5-19-10-6-8-16(18,12-19)17(22)9-7-11-20(13-17)14(21)23-15(2,3)4/h22H,5-13,18H2,1-4H3. The van der Waals surface area contributed by atoms with E-state index in [1.54, 1.807) is 4.90 Å². The molecule has 2 heterocycles. The predicted octanol–water partition coefficient (Wildman–Crippen LogP) is 1.56. The van der Waals surface area contributed by atoms with E-state index < -0.39 is 16.7 Å². The predicted molar refractivity (Wildman–Crippen MR) is 90.3 cm³/mol. The van der Waals surface area contributed by atoms with E-state index in [0.29, 0.717) is 19.5 Å². The topological polar surface area (TPSA) is 79.0 Å². The molecule has 3 N–H and O–H groups in total. The van der Waals surface area contributed by atoms with E-state index in [1.807, 2.05) is 20.8 Å². The van der Waals surface area contributed by atoms with Gasteiger partial charge in [-0.2, -0.15) is 0 Å². The van der Waals surface area contributed by atoms with Gasteiger partial charge in [-0.15, -0.1) is 0 Å². The Morgan fingerprint density at radius 1 is 1.22 bits per heavy atom. The highest BCUT2D eigenvalue weighted by Crippen LogP contribution is 2.36. The monoisotopic (exact) mass is 327 g/mol. The van der Waals surface area contributed by atoms with E-state index >= 15 is 0 Å². The number of amides is 1. The SMILES string of the molecule is CCN1CCCC(N)(C2(O)CCCN(C(=O)OC(C)(C)C)C2)C1. The van der Waals surface area contributed by atoms with Gasteiger partial charge < -0.3 is 25.4 Å². The fraction of sp³-hybridized carbons (Fsp3) is 0.941. The second-order valence-corrected chi connectivity index (χ2v) is 8.17. The lowest BCUT2D eigenvalue weighted by Crippen LogP contribution is -2.72. The van der Waals surface area contributed by atoms with Gasteiger partial charge in [0, 0.05) is 13.1 Å². The number of β-amino-alcohol motifs (C(OH)–C–C–N with tert-alkyl or cyclic N) is 1. The summed E-state index contributed by atoms with van der Waals surface area (Å²) in [5.74, 6) is 0. The van der Waals surface area contributed by atoms with Crippen LogP contribution in [0, 0.1) is 0 Å². The number of rotatable bonds is 2.